The summed E-state index contributed by atoms with van der Waals surface area (Å²) >= 11 is 0. The zero-order valence-corrected chi connectivity index (χ0v) is 11.4. The molecule has 0 unspecified atom stereocenters. The molecule has 0 bridgehead atoms. The number of hydrogen-bond acceptors (Lipinski definition) is 3. The van der Waals surface area contributed by atoms with Crippen LogP contribution in [0.5, 0.6) is 5.75 Å². The zero-order chi connectivity index (χ0) is 13.2. The van der Waals surface area contributed by atoms with Crippen LogP contribution in [0.1, 0.15) is 24.6 Å². The quantitative estimate of drug-likeness (QED) is 0.915. The Morgan fingerprint density at radius 3 is 2.79 bits per heavy atom. The fraction of sp³-hybridized carbons (Fsp3) is 0.400. The zero-order valence-electron chi connectivity index (χ0n) is 11.4. The van der Waals surface area contributed by atoms with Gasteiger partial charge < -0.3 is 10.1 Å². The Hall–Kier alpha value is -1.97. The van der Waals surface area contributed by atoms with Crippen molar-refractivity contribution in [3.8, 4) is 11.4 Å². The molecule has 0 radical (unpaired) electrons. The predicted octanol–water partition coefficient (Wildman–Crippen LogP) is 2.80. The van der Waals surface area contributed by atoms with Crippen LogP contribution in [0.2, 0.25) is 0 Å². The van der Waals surface area contributed by atoms with Gasteiger partial charge in [0.1, 0.15) is 11.6 Å². The molecule has 4 nitrogen and oxygen atoms in total. The van der Waals surface area contributed by atoms with Gasteiger partial charge in [0.2, 0.25) is 0 Å². The number of nitrogens with zero attached hydrogens (tertiary/aromatic N) is 2. The third-order valence-electron chi connectivity index (χ3n) is 3.54. The number of benzene rings is 1. The Balaban J connectivity index is 2.02. The first-order chi connectivity index (χ1) is 9.33. The molecule has 4 heteroatoms. The van der Waals surface area contributed by atoms with Crippen LogP contribution in [0.4, 0.5) is 5.82 Å². The van der Waals surface area contributed by atoms with Crippen molar-refractivity contribution >= 4 is 5.82 Å². The number of hydrogen-bond donors (Lipinski definition) is 1. The molecule has 0 amide bonds. The molecule has 1 aliphatic heterocycles. The Labute approximate surface area is 113 Å². The number of ether oxygens (including phenoxy) is 1. The van der Waals surface area contributed by atoms with E-state index in [0.29, 0.717) is 0 Å². The van der Waals surface area contributed by atoms with E-state index in [1.165, 1.54) is 11.3 Å². The van der Waals surface area contributed by atoms with Crippen molar-refractivity contribution in [3.05, 3.63) is 35.5 Å². The number of anilines is 1. The molecule has 0 aliphatic carbocycles. The average molecular weight is 257 g/mol. The minimum absolute atomic E-state index is 0.870. The molecule has 3 rings (SSSR count). The van der Waals surface area contributed by atoms with Crippen LogP contribution in [0.25, 0.3) is 5.69 Å². The lowest BCUT2D eigenvalue weighted by Gasteiger charge is -2.07. The van der Waals surface area contributed by atoms with E-state index in [9.17, 15) is 0 Å². The minimum Gasteiger partial charge on any atom is -0.497 e. The first-order valence-corrected chi connectivity index (χ1v) is 6.82. The van der Waals surface area contributed by atoms with Gasteiger partial charge in [-0.3, -0.25) is 0 Å². The van der Waals surface area contributed by atoms with Crippen LogP contribution >= 0.6 is 0 Å². The molecular weight excluding hydrogens is 238 g/mol. The number of rotatable bonds is 4. The Bertz CT molecular complexity index is 572. The molecule has 0 spiro atoms. The highest BCUT2D eigenvalue weighted by atomic mass is 16.5. The molecular formula is C15H19N3O. The largest absolute Gasteiger partial charge is 0.497 e. The standard InChI is InChI=1S/C15H19N3O/c1-3-4-14-13-9-10-16-15(13)18(17-14)11-5-7-12(19-2)8-6-11/h5-8,16H,3-4,9-10H2,1-2H3. The van der Waals surface area contributed by atoms with Crippen LogP contribution < -0.4 is 10.1 Å². The van der Waals surface area contributed by atoms with Crippen LogP contribution in [0.15, 0.2) is 24.3 Å². The lowest BCUT2D eigenvalue weighted by Crippen LogP contribution is -2.04. The normalized spacial score (nSPS) is 13.2. The van der Waals surface area contributed by atoms with Gasteiger partial charge in [-0.1, -0.05) is 13.3 Å². The lowest BCUT2D eigenvalue weighted by atomic mass is 10.1. The number of methoxy groups -OCH3 is 1. The summed E-state index contributed by atoms with van der Waals surface area (Å²) in [7, 11) is 1.68. The number of nitrogens with one attached hydrogen (secondary N) is 1. The van der Waals surface area contributed by atoms with Gasteiger partial charge >= 0.3 is 0 Å². The van der Waals surface area contributed by atoms with E-state index in [1.54, 1.807) is 7.11 Å². The highest BCUT2D eigenvalue weighted by Crippen LogP contribution is 2.29. The summed E-state index contributed by atoms with van der Waals surface area (Å²) in [6.45, 7) is 3.21. The van der Waals surface area contributed by atoms with Gasteiger partial charge in [0.15, 0.2) is 0 Å². The molecule has 1 N–H and O–H groups in total. The second-order valence-corrected chi connectivity index (χ2v) is 4.81. The van der Waals surface area contributed by atoms with Gasteiger partial charge in [0.25, 0.3) is 0 Å². The van der Waals surface area contributed by atoms with E-state index in [0.717, 1.165) is 43.1 Å². The fourth-order valence-electron chi connectivity index (χ4n) is 2.59. The summed E-state index contributed by atoms with van der Waals surface area (Å²) in [5.74, 6) is 2.03. The molecule has 2 aromatic rings. The van der Waals surface area contributed by atoms with Gasteiger partial charge in [-0.2, -0.15) is 5.10 Å². The number of aryl methyl sites for hydroxylation is 1. The Morgan fingerprint density at radius 1 is 1.32 bits per heavy atom. The average Bonchev–Trinajstić information content (AvgIpc) is 3.03. The second kappa shape index (κ2) is 4.96. The highest BCUT2D eigenvalue weighted by molar-refractivity contribution is 5.57. The van der Waals surface area contributed by atoms with Crippen molar-refractivity contribution in [1.82, 2.24) is 9.78 Å². The SMILES string of the molecule is CCCc1nn(-c2ccc(OC)cc2)c2c1CCN2. The van der Waals surface area contributed by atoms with E-state index in [-0.39, 0.29) is 0 Å². The molecule has 0 atom stereocenters. The lowest BCUT2D eigenvalue weighted by molar-refractivity contribution is 0.414. The first kappa shape index (κ1) is 12.1. The number of fused-ring (bicyclic) bond motifs is 1. The second-order valence-electron chi connectivity index (χ2n) is 4.81. The van der Waals surface area contributed by atoms with Gasteiger partial charge in [0.05, 0.1) is 18.5 Å². The van der Waals surface area contributed by atoms with Crippen molar-refractivity contribution in [2.75, 3.05) is 19.0 Å². The van der Waals surface area contributed by atoms with E-state index in [2.05, 4.69) is 12.2 Å². The van der Waals surface area contributed by atoms with E-state index in [1.807, 2.05) is 28.9 Å². The molecule has 0 saturated carbocycles. The highest BCUT2D eigenvalue weighted by Gasteiger charge is 2.22. The van der Waals surface area contributed by atoms with Crippen molar-refractivity contribution in [1.29, 1.82) is 0 Å². The number of aromatic nitrogens is 2. The van der Waals surface area contributed by atoms with Crippen molar-refractivity contribution in [3.63, 3.8) is 0 Å². The first-order valence-electron chi connectivity index (χ1n) is 6.82. The third-order valence-corrected chi connectivity index (χ3v) is 3.54. The van der Waals surface area contributed by atoms with Crippen LogP contribution in [-0.2, 0) is 12.8 Å². The van der Waals surface area contributed by atoms with Crippen LogP contribution in [0.3, 0.4) is 0 Å². The van der Waals surface area contributed by atoms with Gasteiger partial charge in [0, 0.05) is 12.1 Å². The maximum atomic E-state index is 5.20. The molecule has 1 aromatic carbocycles. The molecule has 100 valence electrons. The molecule has 1 aromatic heterocycles. The van der Waals surface area contributed by atoms with Gasteiger partial charge in [-0.25, -0.2) is 4.68 Å². The van der Waals surface area contributed by atoms with Crippen LogP contribution in [-0.4, -0.2) is 23.4 Å². The van der Waals surface area contributed by atoms with E-state index < -0.39 is 0 Å². The van der Waals surface area contributed by atoms with Crippen molar-refractivity contribution < 1.29 is 4.74 Å². The molecule has 2 heterocycles. The van der Waals surface area contributed by atoms with E-state index >= 15 is 0 Å². The smallest absolute Gasteiger partial charge is 0.133 e. The summed E-state index contributed by atoms with van der Waals surface area (Å²) in [5.41, 5.74) is 3.70. The topological polar surface area (TPSA) is 39.1 Å². The summed E-state index contributed by atoms with van der Waals surface area (Å²) in [6.07, 6.45) is 3.26. The van der Waals surface area contributed by atoms with Crippen molar-refractivity contribution in [2.45, 2.75) is 26.2 Å². The molecule has 0 saturated heterocycles. The predicted molar refractivity (Wildman–Crippen MR) is 76.3 cm³/mol. The maximum absolute atomic E-state index is 5.20. The minimum atomic E-state index is 0.870. The maximum Gasteiger partial charge on any atom is 0.133 e. The summed E-state index contributed by atoms with van der Waals surface area (Å²) in [4.78, 5) is 0. The summed E-state index contributed by atoms with van der Waals surface area (Å²) in [6, 6.07) is 8.03. The molecule has 19 heavy (non-hydrogen) atoms. The third kappa shape index (κ3) is 2.07. The van der Waals surface area contributed by atoms with Crippen molar-refractivity contribution in [2.24, 2.45) is 0 Å². The monoisotopic (exact) mass is 257 g/mol. The van der Waals surface area contributed by atoms with Crippen LogP contribution in [0, 0.1) is 0 Å². The van der Waals surface area contributed by atoms with Gasteiger partial charge in [-0.15, -0.1) is 0 Å². The van der Waals surface area contributed by atoms with Gasteiger partial charge in [-0.05, 0) is 37.1 Å². The summed E-state index contributed by atoms with van der Waals surface area (Å²) in [5, 5.41) is 8.20. The Kier molecular flexibility index (Phi) is 3.15. The fourth-order valence-corrected chi connectivity index (χ4v) is 2.59. The molecule has 0 fully saturated rings. The van der Waals surface area contributed by atoms with E-state index in [4.69, 9.17) is 9.84 Å². The Morgan fingerprint density at radius 2 is 2.11 bits per heavy atom. The summed E-state index contributed by atoms with van der Waals surface area (Å²) < 4.78 is 7.22. The molecule has 1 aliphatic rings.